The third-order valence-electron chi connectivity index (χ3n) is 4.84. The molecule has 0 aliphatic heterocycles. The molecular weight excluding hydrogens is 374 g/mol. The first kappa shape index (κ1) is 24.4. The van der Waals surface area contributed by atoms with Crippen LogP contribution in [0.2, 0.25) is 0 Å². The minimum atomic E-state index is -1.11. The number of amides is 2. The summed E-state index contributed by atoms with van der Waals surface area (Å²) in [4.78, 5) is 36.8. The van der Waals surface area contributed by atoms with Crippen molar-refractivity contribution in [3.8, 4) is 5.75 Å². The summed E-state index contributed by atoms with van der Waals surface area (Å²) in [6.45, 7) is 7.45. The predicted molar refractivity (Wildman–Crippen MR) is 110 cm³/mol. The van der Waals surface area contributed by atoms with E-state index in [1.165, 1.54) is 12.1 Å². The number of hydrogen-bond acceptors (Lipinski definition) is 5. The van der Waals surface area contributed by atoms with E-state index in [4.69, 9.17) is 5.73 Å². The summed E-state index contributed by atoms with van der Waals surface area (Å²) in [5, 5.41) is 23.9. The van der Waals surface area contributed by atoms with Gasteiger partial charge in [0.15, 0.2) is 0 Å². The normalized spacial score (nSPS) is 15.2. The van der Waals surface area contributed by atoms with Gasteiger partial charge in [-0.25, -0.2) is 4.79 Å². The minimum Gasteiger partial charge on any atom is -0.508 e. The number of nitrogens with one attached hydrogen (secondary N) is 2. The van der Waals surface area contributed by atoms with Gasteiger partial charge in [-0.05, 0) is 42.4 Å². The second-order valence-electron chi connectivity index (χ2n) is 7.88. The van der Waals surface area contributed by atoms with E-state index in [1.807, 2.05) is 27.7 Å². The Bertz CT molecular complexity index is 690. The summed E-state index contributed by atoms with van der Waals surface area (Å²) >= 11 is 0. The van der Waals surface area contributed by atoms with Crippen LogP contribution in [0, 0.1) is 11.8 Å². The number of phenolic OH excluding ortho intramolecular Hbond substituents is 1. The molecule has 0 aromatic heterocycles. The molecule has 29 heavy (non-hydrogen) atoms. The van der Waals surface area contributed by atoms with Crippen molar-refractivity contribution in [2.24, 2.45) is 17.6 Å². The van der Waals surface area contributed by atoms with E-state index in [1.54, 1.807) is 12.1 Å². The van der Waals surface area contributed by atoms with Crippen molar-refractivity contribution in [2.75, 3.05) is 0 Å². The number of rotatable bonds is 11. The van der Waals surface area contributed by atoms with Gasteiger partial charge in [0.05, 0.1) is 6.04 Å². The molecule has 2 amide bonds. The molecule has 0 radical (unpaired) electrons. The molecule has 0 aliphatic rings. The molecule has 0 saturated heterocycles. The number of aromatic hydroxyl groups is 1. The Balaban J connectivity index is 2.83. The van der Waals surface area contributed by atoms with E-state index in [2.05, 4.69) is 10.6 Å². The van der Waals surface area contributed by atoms with Gasteiger partial charge < -0.3 is 26.6 Å². The fourth-order valence-corrected chi connectivity index (χ4v) is 2.90. The number of aliphatic carboxylic acids is 1. The van der Waals surface area contributed by atoms with Crippen LogP contribution < -0.4 is 16.4 Å². The molecule has 0 fully saturated rings. The summed E-state index contributed by atoms with van der Waals surface area (Å²) in [5.41, 5.74) is 6.77. The molecule has 0 saturated carbocycles. The summed E-state index contributed by atoms with van der Waals surface area (Å²) in [5.74, 6) is -2.12. The first-order valence-electron chi connectivity index (χ1n) is 9.92. The van der Waals surface area contributed by atoms with Crippen molar-refractivity contribution in [1.82, 2.24) is 10.6 Å². The average Bonchev–Trinajstić information content (AvgIpc) is 2.65. The van der Waals surface area contributed by atoms with Crippen LogP contribution in [-0.4, -0.2) is 46.1 Å². The van der Waals surface area contributed by atoms with Gasteiger partial charge in [-0.1, -0.05) is 46.2 Å². The van der Waals surface area contributed by atoms with Crippen LogP contribution in [0.5, 0.6) is 5.75 Å². The topological polar surface area (TPSA) is 142 Å². The van der Waals surface area contributed by atoms with Crippen molar-refractivity contribution in [2.45, 2.75) is 65.1 Å². The van der Waals surface area contributed by atoms with Gasteiger partial charge in [-0.2, -0.15) is 0 Å². The Kier molecular flexibility index (Phi) is 9.61. The number of hydrogen-bond donors (Lipinski definition) is 5. The summed E-state index contributed by atoms with van der Waals surface area (Å²) in [6.07, 6.45) is 1.15. The first-order chi connectivity index (χ1) is 13.5. The summed E-state index contributed by atoms with van der Waals surface area (Å²) < 4.78 is 0. The van der Waals surface area contributed by atoms with E-state index in [0.29, 0.717) is 12.8 Å². The summed E-state index contributed by atoms with van der Waals surface area (Å²) in [7, 11) is 0. The zero-order valence-corrected chi connectivity index (χ0v) is 17.5. The molecule has 1 aromatic carbocycles. The van der Waals surface area contributed by atoms with Crippen LogP contribution in [0.4, 0.5) is 0 Å². The molecular formula is C21H33N3O5. The second-order valence-corrected chi connectivity index (χ2v) is 7.88. The van der Waals surface area contributed by atoms with Crippen LogP contribution in [0.3, 0.4) is 0 Å². The molecule has 1 aromatic rings. The number of carbonyl (C=O) groups excluding carboxylic acids is 2. The van der Waals surface area contributed by atoms with Crippen LogP contribution in [0.25, 0.3) is 0 Å². The van der Waals surface area contributed by atoms with E-state index >= 15 is 0 Å². The third-order valence-corrected chi connectivity index (χ3v) is 4.84. The molecule has 162 valence electrons. The standard InChI is InChI=1S/C21H33N3O5/c1-5-13(4)18(20(27)23-17(21(28)29)10-12(2)3)24-19(26)16(22)11-14-6-8-15(25)9-7-14/h6-9,12-13,16-18,25H,5,10-11,22H2,1-4H3,(H,23,27)(H,24,26)(H,28,29)/t13?,16-,17-,18-/m0/s1. The van der Waals surface area contributed by atoms with Gasteiger partial charge in [-0.3, -0.25) is 9.59 Å². The first-order valence-corrected chi connectivity index (χ1v) is 9.92. The quantitative estimate of drug-likeness (QED) is 0.375. The number of carboxylic acid groups (broad SMARTS) is 1. The molecule has 0 spiro atoms. The van der Waals surface area contributed by atoms with Gasteiger partial charge in [0.1, 0.15) is 17.8 Å². The van der Waals surface area contributed by atoms with Crippen LogP contribution in [-0.2, 0) is 20.8 Å². The van der Waals surface area contributed by atoms with Crippen LogP contribution >= 0.6 is 0 Å². The molecule has 0 heterocycles. The molecule has 1 unspecified atom stereocenters. The van der Waals surface area contributed by atoms with E-state index < -0.39 is 35.9 Å². The monoisotopic (exact) mass is 407 g/mol. The number of carbonyl (C=O) groups is 3. The fourth-order valence-electron chi connectivity index (χ4n) is 2.90. The molecule has 4 atom stereocenters. The third kappa shape index (κ3) is 8.11. The smallest absolute Gasteiger partial charge is 0.326 e. The molecule has 1 rings (SSSR count). The predicted octanol–water partition coefficient (Wildman–Crippen LogP) is 1.41. The molecule has 8 nitrogen and oxygen atoms in total. The molecule has 0 aliphatic carbocycles. The van der Waals surface area contributed by atoms with E-state index in [0.717, 1.165) is 5.56 Å². The fraction of sp³-hybridized carbons (Fsp3) is 0.571. The van der Waals surface area contributed by atoms with E-state index in [-0.39, 0.29) is 24.0 Å². The van der Waals surface area contributed by atoms with Crippen LogP contribution in [0.1, 0.15) is 46.1 Å². The molecule has 6 N–H and O–H groups in total. The van der Waals surface area contributed by atoms with Crippen molar-refractivity contribution in [3.63, 3.8) is 0 Å². The number of carboxylic acids is 1. The van der Waals surface area contributed by atoms with Gasteiger partial charge in [0, 0.05) is 0 Å². The number of nitrogens with two attached hydrogens (primary N) is 1. The maximum absolute atomic E-state index is 12.7. The lowest BCUT2D eigenvalue weighted by Gasteiger charge is -2.27. The maximum Gasteiger partial charge on any atom is 0.326 e. The number of phenols is 1. The maximum atomic E-state index is 12.7. The Morgan fingerprint density at radius 3 is 2.10 bits per heavy atom. The molecule has 0 bridgehead atoms. The van der Waals surface area contributed by atoms with Crippen molar-refractivity contribution < 1.29 is 24.6 Å². The SMILES string of the molecule is CCC(C)[C@H](NC(=O)[C@@H](N)Cc1ccc(O)cc1)C(=O)N[C@@H](CC(C)C)C(=O)O. The second kappa shape index (κ2) is 11.4. The largest absolute Gasteiger partial charge is 0.508 e. The highest BCUT2D eigenvalue weighted by molar-refractivity contribution is 5.92. The molecule has 8 heteroatoms. The Labute approximate surface area is 171 Å². The zero-order valence-electron chi connectivity index (χ0n) is 17.5. The highest BCUT2D eigenvalue weighted by Crippen LogP contribution is 2.13. The Hall–Kier alpha value is -2.61. The highest BCUT2D eigenvalue weighted by Gasteiger charge is 2.31. The van der Waals surface area contributed by atoms with Gasteiger partial charge >= 0.3 is 5.97 Å². The van der Waals surface area contributed by atoms with Crippen molar-refractivity contribution in [1.29, 1.82) is 0 Å². The lowest BCUT2D eigenvalue weighted by molar-refractivity contribution is -0.143. The number of benzene rings is 1. The average molecular weight is 408 g/mol. The Morgan fingerprint density at radius 1 is 1.03 bits per heavy atom. The van der Waals surface area contributed by atoms with Crippen molar-refractivity contribution >= 4 is 17.8 Å². The van der Waals surface area contributed by atoms with E-state index in [9.17, 15) is 24.6 Å². The highest BCUT2D eigenvalue weighted by atomic mass is 16.4. The Morgan fingerprint density at radius 2 is 1.62 bits per heavy atom. The van der Waals surface area contributed by atoms with Gasteiger partial charge in [-0.15, -0.1) is 0 Å². The van der Waals surface area contributed by atoms with Crippen molar-refractivity contribution in [3.05, 3.63) is 29.8 Å². The lowest BCUT2D eigenvalue weighted by Crippen LogP contribution is -2.57. The zero-order chi connectivity index (χ0) is 22.1. The minimum absolute atomic E-state index is 0.0896. The lowest BCUT2D eigenvalue weighted by atomic mass is 9.96. The summed E-state index contributed by atoms with van der Waals surface area (Å²) in [6, 6.07) is 3.58. The van der Waals surface area contributed by atoms with Gasteiger partial charge in [0.2, 0.25) is 11.8 Å². The van der Waals surface area contributed by atoms with Gasteiger partial charge in [0.25, 0.3) is 0 Å². The van der Waals surface area contributed by atoms with Crippen LogP contribution in [0.15, 0.2) is 24.3 Å².